The number of hydrogen-bond acceptors (Lipinski definition) is 4. The van der Waals surface area contributed by atoms with Crippen molar-refractivity contribution in [2.75, 3.05) is 0 Å². The van der Waals surface area contributed by atoms with Crippen molar-refractivity contribution in [3.05, 3.63) is 46.9 Å². The van der Waals surface area contributed by atoms with Crippen LogP contribution in [0.15, 0.2) is 24.4 Å². The van der Waals surface area contributed by atoms with Gasteiger partial charge in [-0.2, -0.15) is 4.98 Å². The highest BCUT2D eigenvalue weighted by Crippen LogP contribution is 2.24. The molecule has 0 aliphatic rings. The highest BCUT2D eigenvalue weighted by molar-refractivity contribution is 5.77. The third-order valence-corrected chi connectivity index (χ3v) is 2.72. The zero-order chi connectivity index (χ0) is 13.1. The van der Waals surface area contributed by atoms with Crippen LogP contribution in [0.3, 0.4) is 0 Å². The Balaban J connectivity index is 2.35. The number of aryl methyl sites for hydroxylation is 3. The number of benzene rings is 1. The molecule has 0 bridgehead atoms. The van der Waals surface area contributed by atoms with Crippen molar-refractivity contribution < 1.29 is 9.53 Å². The molecular formula is C14H14N2O2. The summed E-state index contributed by atoms with van der Waals surface area (Å²) in [4.78, 5) is 19.0. The molecule has 0 fully saturated rings. The number of aromatic nitrogens is 2. The molecule has 0 saturated carbocycles. The first-order chi connectivity index (χ1) is 8.60. The highest BCUT2D eigenvalue weighted by Gasteiger charge is 2.08. The van der Waals surface area contributed by atoms with Gasteiger partial charge in [0.25, 0.3) is 0 Å². The summed E-state index contributed by atoms with van der Waals surface area (Å²) < 4.78 is 5.63. The molecule has 0 N–H and O–H groups in total. The van der Waals surface area contributed by atoms with Crippen LogP contribution in [0.4, 0.5) is 0 Å². The first-order valence-electron chi connectivity index (χ1n) is 5.64. The van der Waals surface area contributed by atoms with Gasteiger partial charge in [-0.05, 0) is 44.0 Å². The Morgan fingerprint density at radius 1 is 1.17 bits per heavy atom. The number of rotatable bonds is 3. The fourth-order valence-electron chi connectivity index (χ4n) is 1.51. The average Bonchev–Trinajstić information content (AvgIpc) is 2.34. The number of carbonyl (C=O) groups excluding carboxylic acids is 1. The van der Waals surface area contributed by atoms with E-state index in [1.54, 1.807) is 6.92 Å². The summed E-state index contributed by atoms with van der Waals surface area (Å²) in [6.07, 6.45) is 2.15. The molecule has 1 aromatic heterocycles. The van der Waals surface area contributed by atoms with Crippen molar-refractivity contribution in [2.45, 2.75) is 20.8 Å². The molecule has 0 aliphatic carbocycles. The van der Waals surface area contributed by atoms with Crippen molar-refractivity contribution in [3.8, 4) is 11.6 Å². The van der Waals surface area contributed by atoms with E-state index in [4.69, 9.17) is 4.74 Å². The van der Waals surface area contributed by atoms with E-state index in [1.807, 2.05) is 32.0 Å². The van der Waals surface area contributed by atoms with E-state index in [1.165, 1.54) is 11.8 Å². The maximum absolute atomic E-state index is 10.9. The van der Waals surface area contributed by atoms with Gasteiger partial charge in [-0.25, -0.2) is 4.98 Å². The van der Waals surface area contributed by atoms with E-state index >= 15 is 0 Å². The first kappa shape index (κ1) is 12.2. The number of hydrogen-bond donors (Lipinski definition) is 0. The van der Waals surface area contributed by atoms with Gasteiger partial charge in [0.2, 0.25) is 5.88 Å². The van der Waals surface area contributed by atoms with Gasteiger partial charge in [-0.3, -0.25) is 4.79 Å². The van der Waals surface area contributed by atoms with E-state index in [9.17, 15) is 4.79 Å². The van der Waals surface area contributed by atoms with E-state index in [0.717, 1.165) is 5.56 Å². The fourth-order valence-corrected chi connectivity index (χ4v) is 1.51. The average molecular weight is 242 g/mol. The van der Waals surface area contributed by atoms with Crippen LogP contribution >= 0.6 is 0 Å². The number of nitrogens with zero attached hydrogens (tertiary/aromatic N) is 2. The van der Waals surface area contributed by atoms with Crippen LogP contribution in [-0.2, 0) is 0 Å². The summed E-state index contributed by atoms with van der Waals surface area (Å²) in [5.41, 5.74) is 2.67. The Labute approximate surface area is 106 Å². The summed E-state index contributed by atoms with van der Waals surface area (Å²) in [6, 6.07) is 5.75. The van der Waals surface area contributed by atoms with E-state index in [2.05, 4.69) is 9.97 Å². The highest BCUT2D eigenvalue weighted by atomic mass is 16.5. The topological polar surface area (TPSA) is 52.1 Å². The van der Waals surface area contributed by atoms with Crippen molar-refractivity contribution in [1.29, 1.82) is 0 Å². The molecule has 2 rings (SSSR count). The summed E-state index contributed by atoms with van der Waals surface area (Å²) in [6.45, 7) is 5.79. The van der Waals surface area contributed by atoms with Crippen LogP contribution < -0.4 is 4.74 Å². The molecule has 92 valence electrons. The predicted octanol–water partition coefficient (Wildman–Crippen LogP) is 3.01. The molecule has 2 aromatic rings. The van der Waals surface area contributed by atoms with Gasteiger partial charge in [0, 0.05) is 6.20 Å². The molecular weight excluding hydrogens is 228 g/mol. The zero-order valence-electron chi connectivity index (χ0n) is 10.6. The van der Waals surface area contributed by atoms with Crippen LogP contribution in [0.5, 0.6) is 11.6 Å². The lowest BCUT2D eigenvalue weighted by Crippen LogP contribution is -1.98. The minimum Gasteiger partial charge on any atom is -0.438 e. The van der Waals surface area contributed by atoms with Crippen LogP contribution in [0.1, 0.15) is 27.3 Å². The maximum Gasteiger partial charge on any atom is 0.233 e. The van der Waals surface area contributed by atoms with E-state index in [0.29, 0.717) is 29.3 Å². The Bertz CT molecular complexity index is 594. The van der Waals surface area contributed by atoms with Gasteiger partial charge in [0.1, 0.15) is 11.6 Å². The van der Waals surface area contributed by atoms with Crippen molar-refractivity contribution in [1.82, 2.24) is 9.97 Å². The largest absolute Gasteiger partial charge is 0.438 e. The number of aldehydes is 1. The number of carbonyl (C=O) groups is 1. The third-order valence-electron chi connectivity index (χ3n) is 2.72. The Morgan fingerprint density at radius 3 is 2.61 bits per heavy atom. The van der Waals surface area contributed by atoms with Crippen molar-refractivity contribution in [3.63, 3.8) is 0 Å². The Hall–Kier alpha value is -2.23. The fraction of sp³-hybridized carbons (Fsp3) is 0.214. The molecule has 4 nitrogen and oxygen atoms in total. The van der Waals surface area contributed by atoms with Crippen LogP contribution in [0, 0.1) is 20.8 Å². The molecule has 0 saturated heterocycles. The molecule has 0 aliphatic heterocycles. The number of ether oxygens (including phenoxy) is 1. The summed E-state index contributed by atoms with van der Waals surface area (Å²) in [5.74, 6) is 1.53. The van der Waals surface area contributed by atoms with Crippen LogP contribution in [0.2, 0.25) is 0 Å². The van der Waals surface area contributed by atoms with Gasteiger partial charge in [-0.15, -0.1) is 0 Å². The van der Waals surface area contributed by atoms with Gasteiger partial charge >= 0.3 is 0 Å². The zero-order valence-corrected chi connectivity index (χ0v) is 10.6. The summed E-state index contributed by atoms with van der Waals surface area (Å²) in [7, 11) is 0. The molecule has 0 unspecified atom stereocenters. The van der Waals surface area contributed by atoms with Crippen LogP contribution in [-0.4, -0.2) is 16.3 Å². The molecule has 0 radical (unpaired) electrons. The van der Waals surface area contributed by atoms with Gasteiger partial charge in [-0.1, -0.05) is 6.07 Å². The van der Waals surface area contributed by atoms with E-state index in [-0.39, 0.29) is 0 Å². The normalized spacial score (nSPS) is 10.2. The summed E-state index contributed by atoms with van der Waals surface area (Å²) >= 11 is 0. The van der Waals surface area contributed by atoms with Gasteiger partial charge < -0.3 is 4.74 Å². The van der Waals surface area contributed by atoms with Gasteiger partial charge in [0.15, 0.2) is 6.29 Å². The standard InChI is InChI=1S/C14H14N2O2/c1-9-4-5-13(6-10(9)2)18-14-12(8-17)7-15-11(3)16-14/h4-8H,1-3H3. The lowest BCUT2D eigenvalue weighted by molar-refractivity contribution is 0.112. The molecule has 18 heavy (non-hydrogen) atoms. The maximum atomic E-state index is 10.9. The van der Waals surface area contributed by atoms with Gasteiger partial charge in [0.05, 0.1) is 5.56 Å². The van der Waals surface area contributed by atoms with Crippen molar-refractivity contribution in [2.24, 2.45) is 0 Å². The second-order valence-electron chi connectivity index (χ2n) is 4.14. The quantitative estimate of drug-likeness (QED) is 0.776. The molecule has 4 heteroatoms. The molecule has 0 atom stereocenters. The molecule has 1 aromatic carbocycles. The smallest absolute Gasteiger partial charge is 0.233 e. The lowest BCUT2D eigenvalue weighted by Gasteiger charge is -2.08. The Kier molecular flexibility index (Phi) is 3.37. The SMILES string of the molecule is Cc1ncc(C=O)c(Oc2ccc(C)c(C)c2)n1. The summed E-state index contributed by atoms with van der Waals surface area (Å²) in [5, 5.41) is 0. The molecule has 1 heterocycles. The molecule has 0 spiro atoms. The minimum atomic E-state index is 0.292. The molecule has 0 amide bonds. The first-order valence-corrected chi connectivity index (χ1v) is 5.64. The second kappa shape index (κ2) is 4.96. The van der Waals surface area contributed by atoms with Crippen molar-refractivity contribution >= 4 is 6.29 Å². The Morgan fingerprint density at radius 2 is 1.94 bits per heavy atom. The lowest BCUT2D eigenvalue weighted by atomic mass is 10.1. The minimum absolute atomic E-state index is 0.292. The second-order valence-corrected chi connectivity index (χ2v) is 4.14. The van der Waals surface area contributed by atoms with E-state index < -0.39 is 0 Å². The van der Waals surface area contributed by atoms with Crippen LogP contribution in [0.25, 0.3) is 0 Å². The monoisotopic (exact) mass is 242 g/mol. The predicted molar refractivity (Wildman–Crippen MR) is 68.1 cm³/mol. The third kappa shape index (κ3) is 2.53.